The van der Waals surface area contributed by atoms with Gasteiger partial charge in [0, 0.05) is 42.6 Å². The smallest absolute Gasteiger partial charge is 0.228 e. The maximum Gasteiger partial charge on any atom is 0.228 e. The van der Waals surface area contributed by atoms with Crippen molar-refractivity contribution >= 4 is 23.4 Å². The van der Waals surface area contributed by atoms with Gasteiger partial charge in [-0.1, -0.05) is 23.7 Å². The molecule has 2 aromatic heterocycles. The van der Waals surface area contributed by atoms with Gasteiger partial charge in [-0.05, 0) is 43.1 Å². The molecule has 1 aliphatic rings. The Labute approximate surface area is 163 Å². The monoisotopic (exact) mass is 380 g/mol. The fourth-order valence-electron chi connectivity index (χ4n) is 3.43. The van der Waals surface area contributed by atoms with Gasteiger partial charge in [0.1, 0.15) is 0 Å². The Balaban J connectivity index is 1.43. The normalized spacial score (nSPS) is 17.6. The third-order valence-electron chi connectivity index (χ3n) is 4.72. The molecule has 1 aliphatic heterocycles. The summed E-state index contributed by atoms with van der Waals surface area (Å²) in [6.45, 7) is 3.03. The molecule has 1 N–H and O–H groups in total. The lowest BCUT2D eigenvalue weighted by Gasteiger charge is -2.32. The zero-order valence-corrected chi connectivity index (χ0v) is 15.7. The molecule has 0 unspecified atom stereocenters. The lowest BCUT2D eigenvalue weighted by molar-refractivity contribution is 0.198. The number of hydrogen-bond donors (Lipinski definition) is 1. The summed E-state index contributed by atoms with van der Waals surface area (Å²) in [6, 6.07) is 10.1. The molecule has 3 heterocycles. The first-order chi connectivity index (χ1) is 13.3. The van der Waals surface area contributed by atoms with Gasteiger partial charge in [-0.15, -0.1) is 0 Å². The van der Waals surface area contributed by atoms with E-state index in [1.54, 1.807) is 24.8 Å². The van der Waals surface area contributed by atoms with Gasteiger partial charge in [0.05, 0.1) is 11.9 Å². The molecule has 6 nitrogen and oxygen atoms in total. The third kappa shape index (κ3) is 4.78. The van der Waals surface area contributed by atoms with Crippen LogP contribution in [-0.2, 0) is 6.54 Å². The van der Waals surface area contributed by atoms with E-state index >= 15 is 0 Å². The fourth-order valence-corrected chi connectivity index (χ4v) is 3.55. The maximum atomic E-state index is 5.99. The van der Waals surface area contributed by atoms with Crippen LogP contribution in [0.2, 0.25) is 5.02 Å². The summed E-state index contributed by atoms with van der Waals surface area (Å²) < 4.78 is 0. The van der Waals surface area contributed by atoms with E-state index in [1.807, 2.05) is 18.2 Å². The van der Waals surface area contributed by atoms with Gasteiger partial charge in [-0.25, -0.2) is 15.0 Å². The second kappa shape index (κ2) is 8.41. The largest absolute Gasteiger partial charge is 0.307 e. The van der Waals surface area contributed by atoms with Crippen molar-refractivity contribution in [2.24, 2.45) is 0 Å². The van der Waals surface area contributed by atoms with E-state index in [0.29, 0.717) is 17.7 Å². The molecule has 4 rings (SSSR count). The van der Waals surface area contributed by atoms with Crippen LogP contribution in [-0.4, -0.2) is 37.9 Å². The summed E-state index contributed by atoms with van der Waals surface area (Å²) in [5.41, 5.74) is 2.35. The highest BCUT2D eigenvalue weighted by Gasteiger charge is 2.23. The Bertz CT molecular complexity index is 871. The maximum absolute atomic E-state index is 5.99. The third-order valence-corrected chi connectivity index (χ3v) is 4.98. The van der Waals surface area contributed by atoms with Crippen molar-refractivity contribution in [3.63, 3.8) is 0 Å². The summed E-state index contributed by atoms with van der Waals surface area (Å²) in [7, 11) is 0. The number of likely N-dealkylation sites (tertiary alicyclic amines) is 1. The van der Waals surface area contributed by atoms with Gasteiger partial charge in [-0.2, -0.15) is 0 Å². The van der Waals surface area contributed by atoms with E-state index in [-0.39, 0.29) is 0 Å². The van der Waals surface area contributed by atoms with E-state index in [0.717, 1.165) is 43.2 Å². The number of benzene rings is 1. The Hall–Kier alpha value is -2.57. The first-order valence-corrected chi connectivity index (χ1v) is 9.47. The van der Waals surface area contributed by atoms with Gasteiger partial charge in [0.15, 0.2) is 5.82 Å². The number of aromatic nitrogens is 4. The van der Waals surface area contributed by atoms with Crippen LogP contribution >= 0.6 is 11.6 Å². The SMILES string of the molecule is Clc1ccc(CN2CCC[C@@H](c3ccnc(Nc4cnccn4)n3)C2)cc1. The second-order valence-electron chi connectivity index (χ2n) is 6.72. The Morgan fingerprint density at radius 1 is 1.07 bits per heavy atom. The van der Waals surface area contributed by atoms with Crippen LogP contribution in [0, 0.1) is 0 Å². The van der Waals surface area contributed by atoms with Crippen molar-refractivity contribution in [3.8, 4) is 0 Å². The molecule has 27 heavy (non-hydrogen) atoms. The Morgan fingerprint density at radius 2 is 1.96 bits per heavy atom. The first kappa shape index (κ1) is 17.8. The molecule has 1 saturated heterocycles. The zero-order chi connectivity index (χ0) is 18.5. The lowest BCUT2D eigenvalue weighted by Crippen LogP contribution is -2.34. The van der Waals surface area contributed by atoms with Crippen LogP contribution in [0.5, 0.6) is 0 Å². The minimum Gasteiger partial charge on any atom is -0.307 e. The average molecular weight is 381 g/mol. The quantitative estimate of drug-likeness (QED) is 0.720. The number of halogens is 1. The molecular formula is C20H21ClN6. The summed E-state index contributed by atoms with van der Waals surface area (Å²) >= 11 is 5.99. The molecule has 7 heteroatoms. The van der Waals surface area contributed by atoms with Gasteiger partial charge < -0.3 is 5.32 Å². The van der Waals surface area contributed by atoms with Crippen LogP contribution < -0.4 is 5.32 Å². The van der Waals surface area contributed by atoms with Gasteiger partial charge in [0.25, 0.3) is 0 Å². The van der Waals surface area contributed by atoms with E-state index < -0.39 is 0 Å². The zero-order valence-electron chi connectivity index (χ0n) is 14.9. The Morgan fingerprint density at radius 3 is 2.78 bits per heavy atom. The minimum absolute atomic E-state index is 0.399. The topological polar surface area (TPSA) is 66.8 Å². The van der Waals surface area contributed by atoms with Crippen LogP contribution in [0.15, 0.2) is 55.1 Å². The average Bonchev–Trinajstić information content (AvgIpc) is 2.71. The number of nitrogens with one attached hydrogen (secondary N) is 1. The van der Waals surface area contributed by atoms with Crippen LogP contribution in [0.25, 0.3) is 0 Å². The molecule has 0 saturated carbocycles. The lowest BCUT2D eigenvalue weighted by atomic mass is 9.94. The Kier molecular flexibility index (Phi) is 5.55. The summed E-state index contributed by atoms with van der Waals surface area (Å²) in [5, 5.41) is 3.89. The summed E-state index contributed by atoms with van der Waals surface area (Å²) in [6.07, 6.45) is 9.04. The second-order valence-corrected chi connectivity index (χ2v) is 7.16. The highest BCUT2D eigenvalue weighted by atomic mass is 35.5. The van der Waals surface area contributed by atoms with Crippen molar-refractivity contribution in [2.75, 3.05) is 18.4 Å². The predicted octanol–water partition coefficient (Wildman–Crippen LogP) is 4.04. The number of rotatable bonds is 5. The van der Waals surface area contributed by atoms with Gasteiger partial charge >= 0.3 is 0 Å². The standard InChI is InChI=1S/C20H21ClN6/c21-17-5-3-15(4-6-17)13-27-11-1-2-16(14-27)18-7-8-24-20(25-18)26-19-12-22-9-10-23-19/h3-10,12,16H,1-2,11,13-14H2,(H,23,24,25,26)/t16-/m1/s1. The first-order valence-electron chi connectivity index (χ1n) is 9.09. The van der Waals surface area contributed by atoms with Crippen LogP contribution in [0.3, 0.4) is 0 Å². The molecule has 3 aromatic rings. The fraction of sp³-hybridized carbons (Fsp3) is 0.300. The molecule has 1 atom stereocenters. The van der Waals surface area contributed by atoms with Crippen molar-refractivity contribution in [2.45, 2.75) is 25.3 Å². The highest BCUT2D eigenvalue weighted by molar-refractivity contribution is 6.30. The van der Waals surface area contributed by atoms with Gasteiger partial charge in [-0.3, -0.25) is 9.88 Å². The molecule has 138 valence electrons. The molecule has 1 fully saturated rings. The van der Waals surface area contributed by atoms with E-state index in [9.17, 15) is 0 Å². The molecule has 0 amide bonds. The minimum atomic E-state index is 0.399. The van der Waals surface area contributed by atoms with Crippen molar-refractivity contribution in [1.29, 1.82) is 0 Å². The molecule has 0 spiro atoms. The van der Waals surface area contributed by atoms with E-state index in [1.165, 1.54) is 5.56 Å². The van der Waals surface area contributed by atoms with Crippen LogP contribution in [0.4, 0.5) is 11.8 Å². The number of anilines is 2. The summed E-state index contributed by atoms with van der Waals surface area (Å²) in [5.74, 6) is 1.60. The van der Waals surface area contributed by atoms with E-state index in [2.05, 4.69) is 37.3 Å². The van der Waals surface area contributed by atoms with Crippen LogP contribution in [0.1, 0.15) is 30.0 Å². The number of nitrogens with zero attached hydrogens (tertiary/aromatic N) is 5. The molecule has 0 bridgehead atoms. The molecule has 0 radical (unpaired) electrons. The number of hydrogen-bond acceptors (Lipinski definition) is 6. The highest BCUT2D eigenvalue weighted by Crippen LogP contribution is 2.27. The molecular weight excluding hydrogens is 360 g/mol. The van der Waals surface area contributed by atoms with Crippen molar-refractivity contribution in [3.05, 3.63) is 71.4 Å². The van der Waals surface area contributed by atoms with Crippen molar-refractivity contribution in [1.82, 2.24) is 24.8 Å². The molecule has 0 aliphatic carbocycles. The molecule has 1 aromatic carbocycles. The summed E-state index contributed by atoms with van der Waals surface area (Å²) in [4.78, 5) is 19.8. The van der Waals surface area contributed by atoms with Crippen molar-refractivity contribution < 1.29 is 0 Å². The predicted molar refractivity (Wildman–Crippen MR) is 106 cm³/mol. The van der Waals surface area contributed by atoms with E-state index in [4.69, 9.17) is 16.6 Å². The number of piperidine rings is 1. The van der Waals surface area contributed by atoms with Gasteiger partial charge in [0.2, 0.25) is 5.95 Å².